The number of carbonyl (C=O) groups is 3. The summed E-state index contributed by atoms with van der Waals surface area (Å²) in [5.74, 6) is -1.43. The Hall–Kier alpha value is -2.17. The molecule has 1 aliphatic heterocycles. The fraction of sp³-hybridized carbons (Fsp3) is 0.438. The molecule has 1 aromatic rings. The highest BCUT2D eigenvalue weighted by molar-refractivity contribution is 6.22. The Morgan fingerprint density at radius 2 is 1.62 bits per heavy atom. The van der Waals surface area contributed by atoms with Crippen LogP contribution in [0.4, 0.5) is 0 Å². The first-order valence-corrected chi connectivity index (χ1v) is 6.96. The van der Waals surface area contributed by atoms with Crippen LogP contribution in [0.1, 0.15) is 54.8 Å². The van der Waals surface area contributed by atoms with E-state index >= 15 is 0 Å². The van der Waals surface area contributed by atoms with E-state index in [1.165, 1.54) is 0 Å². The van der Waals surface area contributed by atoms with Crippen molar-refractivity contribution in [2.75, 3.05) is 0 Å². The third-order valence-electron chi connectivity index (χ3n) is 3.20. The van der Waals surface area contributed by atoms with Gasteiger partial charge in [-0.3, -0.25) is 14.5 Å². The number of hydrogen-bond donors (Lipinski definition) is 0. The highest BCUT2D eigenvalue weighted by atomic mass is 16.6. The minimum Gasteiger partial charge on any atom is -0.458 e. The topological polar surface area (TPSA) is 63.7 Å². The average Bonchev–Trinajstić information content (AvgIpc) is 2.64. The van der Waals surface area contributed by atoms with E-state index in [4.69, 9.17) is 4.74 Å². The van der Waals surface area contributed by atoms with Crippen molar-refractivity contribution in [1.82, 2.24) is 4.90 Å². The first-order valence-electron chi connectivity index (χ1n) is 6.96. The van der Waals surface area contributed by atoms with Crippen LogP contribution in [0.2, 0.25) is 0 Å². The lowest BCUT2D eigenvalue weighted by molar-refractivity contribution is -0.159. The molecule has 0 unspecified atom stereocenters. The number of rotatable bonds is 3. The summed E-state index contributed by atoms with van der Waals surface area (Å²) in [5, 5.41) is 0. The summed E-state index contributed by atoms with van der Waals surface area (Å²) in [6, 6.07) is 5.69. The van der Waals surface area contributed by atoms with Crippen molar-refractivity contribution < 1.29 is 19.1 Å². The van der Waals surface area contributed by atoms with Crippen LogP contribution in [0.5, 0.6) is 0 Å². The van der Waals surface area contributed by atoms with Crippen LogP contribution in [-0.4, -0.2) is 34.3 Å². The lowest BCUT2D eigenvalue weighted by Gasteiger charge is -2.27. The molecule has 1 aromatic carbocycles. The van der Waals surface area contributed by atoms with Crippen molar-refractivity contribution in [3.63, 3.8) is 0 Å². The predicted octanol–water partition coefficient (Wildman–Crippen LogP) is 2.40. The molecule has 1 heterocycles. The molecule has 0 N–H and O–H groups in total. The molecular formula is C16H19NO4. The Morgan fingerprint density at radius 1 is 1.14 bits per heavy atom. The highest BCUT2D eigenvalue weighted by Gasteiger charge is 2.43. The van der Waals surface area contributed by atoms with Crippen LogP contribution in [0.3, 0.4) is 0 Å². The van der Waals surface area contributed by atoms with Gasteiger partial charge in [0, 0.05) is 0 Å². The maximum Gasteiger partial charge on any atom is 0.329 e. The molecule has 112 valence electrons. The van der Waals surface area contributed by atoms with E-state index in [2.05, 4.69) is 0 Å². The number of nitrogens with zero attached hydrogens (tertiary/aromatic N) is 1. The smallest absolute Gasteiger partial charge is 0.329 e. The molecule has 2 rings (SSSR count). The number of carbonyl (C=O) groups excluding carboxylic acids is 3. The minimum atomic E-state index is -0.892. The highest BCUT2D eigenvalue weighted by Crippen LogP contribution is 2.26. The summed E-state index contributed by atoms with van der Waals surface area (Å²) in [6.45, 7) is 7.00. The van der Waals surface area contributed by atoms with Gasteiger partial charge in [-0.15, -0.1) is 0 Å². The van der Waals surface area contributed by atoms with Crippen LogP contribution in [0.15, 0.2) is 24.3 Å². The molecule has 0 aliphatic carbocycles. The van der Waals surface area contributed by atoms with Gasteiger partial charge in [0.25, 0.3) is 11.8 Å². The fourth-order valence-electron chi connectivity index (χ4n) is 2.32. The van der Waals surface area contributed by atoms with Crippen molar-refractivity contribution in [3.8, 4) is 0 Å². The largest absolute Gasteiger partial charge is 0.458 e. The van der Waals surface area contributed by atoms with Crippen molar-refractivity contribution >= 4 is 17.8 Å². The number of fused-ring (bicyclic) bond motifs is 1. The summed E-state index contributed by atoms with van der Waals surface area (Å²) in [6.07, 6.45) is 0.320. The minimum absolute atomic E-state index is 0.320. The molecule has 5 nitrogen and oxygen atoms in total. The average molecular weight is 289 g/mol. The molecule has 0 fully saturated rings. The lowest BCUT2D eigenvalue weighted by atomic mass is 10.1. The second-order valence-electron chi connectivity index (χ2n) is 5.98. The zero-order chi connectivity index (χ0) is 15.8. The van der Waals surface area contributed by atoms with Gasteiger partial charge >= 0.3 is 5.97 Å². The van der Waals surface area contributed by atoms with E-state index in [1.54, 1.807) is 52.0 Å². The Balaban J connectivity index is 2.31. The molecule has 21 heavy (non-hydrogen) atoms. The number of ether oxygens (including phenoxy) is 1. The van der Waals surface area contributed by atoms with Crippen molar-refractivity contribution in [2.45, 2.75) is 45.8 Å². The van der Waals surface area contributed by atoms with Crippen LogP contribution < -0.4 is 0 Å². The molecule has 1 atom stereocenters. The first-order chi connectivity index (χ1) is 9.76. The molecule has 0 saturated carbocycles. The lowest BCUT2D eigenvalue weighted by Crippen LogP contribution is -2.47. The Morgan fingerprint density at radius 3 is 2.00 bits per heavy atom. The van der Waals surface area contributed by atoms with Gasteiger partial charge < -0.3 is 4.74 Å². The molecular weight excluding hydrogens is 270 g/mol. The maximum absolute atomic E-state index is 12.4. The van der Waals surface area contributed by atoms with Gasteiger partial charge in [-0.2, -0.15) is 0 Å². The molecule has 0 aromatic heterocycles. The Bertz CT molecular complexity index is 566. The summed E-state index contributed by atoms with van der Waals surface area (Å²) in [7, 11) is 0. The maximum atomic E-state index is 12.4. The van der Waals surface area contributed by atoms with Gasteiger partial charge in [0.1, 0.15) is 11.6 Å². The second-order valence-corrected chi connectivity index (χ2v) is 5.98. The second kappa shape index (κ2) is 5.31. The zero-order valence-corrected chi connectivity index (χ0v) is 12.7. The third kappa shape index (κ3) is 2.82. The number of benzene rings is 1. The number of hydrogen-bond acceptors (Lipinski definition) is 4. The van der Waals surface area contributed by atoms with Crippen molar-refractivity contribution in [1.29, 1.82) is 0 Å². The van der Waals surface area contributed by atoms with Crippen molar-refractivity contribution in [2.24, 2.45) is 0 Å². The van der Waals surface area contributed by atoms with Crippen LogP contribution in [-0.2, 0) is 9.53 Å². The van der Waals surface area contributed by atoms with Crippen LogP contribution in [0.25, 0.3) is 0 Å². The number of amides is 2. The zero-order valence-electron chi connectivity index (χ0n) is 12.7. The normalized spacial score (nSPS) is 15.9. The van der Waals surface area contributed by atoms with E-state index in [1.807, 2.05) is 0 Å². The molecule has 0 radical (unpaired) electrons. The predicted molar refractivity (Wildman–Crippen MR) is 76.9 cm³/mol. The van der Waals surface area contributed by atoms with E-state index in [0.717, 1.165) is 4.90 Å². The van der Waals surface area contributed by atoms with Crippen LogP contribution >= 0.6 is 0 Å². The molecule has 0 bridgehead atoms. The van der Waals surface area contributed by atoms with Gasteiger partial charge in [-0.25, -0.2) is 4.79 Å². The Labute approximate surface area is 123 Å². The first kappa shape index (κ1) is 15.2. The summed E-state index contributed by atoms with van der Waals surface area (Å²) in [5.41, 5.74) is 0.0115. The van der Waals surface area contributed by atoms with Crippen molar-refractivity contribution in [3.05, 3.63) is 35.4 Å². The summed E-state index contributed by atoms with van der Waals surface area (Å²) < 4.78 is 5.31. The van der Waals surface area contributed by atoms with Gasteiger partial charge in [0.15, 0.2) is 0 Å². The fourth-order valence-corrected chi connectivity index (χ4v) is 2.32. The number of esters is 1. The standard InChI is InChI=1S/C16H19NO4/c1-5-12(15(20)21-16(2,3)4)17-13(18)10-8-6-7-9-11(10)14(17)19/h6-9,12H,5H2,1-4H3/t12-/m1/s1. The van der Waals surface area contributed by atoms with E-state index < -0.39 is 29.4 Å². The molecule has 1 aliphatic rings. The van der Waals surface area contributed by atoms with E-state index in [0.29, 0.717) is 17.5 Å². The van der Waals surface area contributed by atoms with Gasteiger partial charge in [-0.05, 0) is 39.3 Å². The number of imide groups is 1. The van der Waals surface area contributed by atoms with E-state index in [-0.39, 0.29) is 0 Å². The summed E-state index contributed by atoms with van der Waals surface area (Å²) in [4.78, 5) is 38.0. The van der Waals surface area contributed by atoms with Gasteiger partial charge in [0.2, 0.25) is 0 Å². The van der Waals surface area contributed by atoms with Gasteiger partial charge in [-0.1, -0.05) is 19.1 Å². The van der Waals surface area contributed by atoms with Crippen LogP contribution in [0, 0.1) is 0 Å². The third-order valence-corrected chi connectivity index (χ3v) is 3.20. The molecule has 2 amide bonds. The SMILES string of the molecule is CC[C@H](C(=O)OC(C)(C)C)N1C(=O)c2ccccc2C1=O. The molecule has 0 spiro atoms. The molecule has 5 heteroatoms. The summed E-state index contributed by atoms with van der Waals surface area (Å²) >= 11 is 0. The Kier molecular flexibility index (Phi) is 3.85. The quantitative estimate of drug-likeness (QED) is 0.633. The van der Waals surface area contributed by atoms with Gasteiger partial charge in [0.05, 0.1) is 11.1 Å². The monoisotopic (exact) mass is 289 g/mol. The molecule has 0 saturated heterocycles. The van der Waals surface area contributed by atoms with E-state index in [9.17, 15) is 14.4 Å².